The van der Waals surface area contributed by atoms with E-state index in [1.54, 1.807) is 4.57 Å². The molecule has 0 aromatic carbocycles. The third-order valence-corrected chi connectivity index (χ3v) is 2.87. The standard InChI is InChI=1S/C11H9N3O3/c15-9-7-3-4-12-13-10(7)14(6-1-2-6)5-8(9)11(16)17/h3-6H,1-2H2,(H,16,17). The number of rotatable bonds is 2. The maximum atomic E-state index is 11.9. The van der Waals surface area contributed by atoms with E-state index >= 15 is 0 Å². The number of hydrogen-bond acceptors (Lipinski definition) is 4. The van der Waals surface area contributed by atoms with Crippen molar-refractivity contribution in [3.63, 3.8) is 0 Å². The lowest BCUT2D eigenvalue weighted by molar-refractivity contribution is 0.0695. The molecule has 1 saturated carbocycles. The molecule has 0 atom stereocenters. The number of pyridine rings is 1. The molecule has 0 saturated heterocycles. The van der Waals surface area contributed by atoms with Crippen LogP contribution >= 0.6 is 0 Å². The van der Waals surface area contributed by atoms with Gasteiger partial charge >= 0.3 is 5.97 Å². The summed E-state index contributed by atoms with van der Waals surface area (Å²) in [6.07, 6.45) is 4.73. The predicted molar refractivity (Wildman–Crippen MR) is 59.0 cm³/mol. The Kier molecular flexibility index (Phi) is 1.98. The van der Waals surface area contributed by atoms with Crippen LogP contribution in [0.2, 0.25) is 0 Å². The van der Waals surface area contributed by atoms with E-state index in [9.17, 15) is 9.59 Å². The van der Waals surface area contributed by atoms with Crippen LogP contribution in [0.3, 0.4) is 0 Å². The summed E-state index contributed by atoms with van der Waals surface area (Å²) in [6.45, 7) is 0. The van der Waals surface area contributed by atoms with Gasteiger partial charge in [0.1, 0.15) is 5.56 Å². The number of carboxylic acids is 1. The first-order valence-corrected chi connectivity index (χ1v) is 5.28. The molecule has 2 aromatic heterocycles. The highest BCUT2D eigenvalue weighted by Crippen LogP contribution is 2.36. The third kappa shape index (κ3) is 1.49. The summed E-state index contributed by atoms with van der Waals surface area (Å²) < 4.78 is 1.74. The molecule has 86 valence electrons. The average molecular weight is 231 g/mol. The summed E-state index contributed by atoms with van der Waals surface area (Å²) >= 11 is 0. The molecule has 0 aliphatic heterocycles. The van der Waals surface area contributed by atoms with Crippen LogP contribution in [0, 0.1) is 0 Å². The molecule has 2 aromatic rings. The average Bonchev–Trinajstić information content (AvgIpc) is 3.13. The van der Waals surface area contributed by atoms with E-state index < -0.39 is 11.4 Å². The van der Waals surface area contributed by atoms with Crippen molar-refractivity contribution < 1.29 is 9.90 Å². The maximum absolute atomic E-state index is 11.9. The van der Waals surface area contributed by atoms with E-state index in [0.29, 0.717) is 11.0 Å². The Morgan fingerprint density at radius 1 is 1.47 bits per heavy atom. The number of carboxylic acid groups (broad SMARTS) is 1. The van der Waals surface area contributed by atoms with Gasteiger partial charge < -0.3 is 9.67 Å². The first-order chi connectivity index (χ1) is 8.18. The summed E-state index contributed by atoms with van der Waals surface area (Å²) in [6, 6.07) is 1.75. The van der Waals surface area contributed by atoms with E-state index in [4.69, 9.17) is 5.11 Å². The van der Waals surface area contributed by atoms with Gasteiger partial charge in [-0.3, -0.25) is 4.79 Å². The van der Waals surface area contributed by atoms with Crippen molar-refractivity contribution in [2.75, 3.05) is 0 Å². The third-order valence-electron chi connectivity index (χ3n) is 2.87. The van der Waals surface area contributed by atoms with Crippen molar-refractivity contribution in [3.8, 4) is 0 Å². The Hall–Kier alpha value is -2.24. The number of hydrogen-bond donors (Lipinski definition) is 1. The molecule has 1 aliphatic carbocycles. The zero-order valence-electron chi connectivity index (χ0n) is 8.83. The maximum Gasteiger partial charge on any atom is 0.341 e. The molecule has 0 radical (unpaired) electrons. The highest BCUT2D eigenvalue weighted by atomic mass is 16.4. The Balaban J connectivity index is 2.42. The van der Waals surface area contributed by atoms with Gasteiger partial charge in [0.05, 0.1) is 11.6 Å². The van der Waals surface area contributed by atoms with Gasteiger partial charge in [-0.15, -0.1) is 5.10 Å². The Labute approximate surface area is 95.5 Å². The largest absolute Gasteiger partial charge is 0.477 e. The van der Waals surface area contributed by atoms with Gasteiger partial charge in [-0.2, -0.15) is 5.10 Å². The smallest absolute Gasteiger partial charge is 0.341 e. The molecule has 0 spiro atoms. The summed E-state index contributed by atoms with van der Waals surface area (Å²) in [5.41, 5.74) is -0.248. The quantitative estimate of drug-likeness (QED) is 0.827. The molecule has 6 nitrogen and oxygen atoms in total. The number of aromatic nitrogens is 3. The van der Waals surface area contributed by atoms with Gasteiger partial charge in [0.25, 0.3) is 0 Å². The molecule has 6 heteroatoms. The fraction of sp³-hybridized carbons (Fsp3) is 0.273. The van der Waals surface area contributed by atoms with Crippen LogP contribution in [-0.2, 0) is 0 Å². The van der Waals surface area contributed by atoms with Crippen molar-refractivity contribution in [1.29, 1.82) is 0 Å². The van der Waals surface area contributed by atoms with Gasteiger partial charge in [0, 0.05) is 12.2 Å². The van der Waals surface area contributed by atoms with E-state index in [0.717, 1.165) is 12.8 Å². The summed E-state index contributed by atoms with van der Waals surface area (Å²) in [7, 11) is 0. The summed E-state index contributed by atoms with van der Waals surface area (Å²) in [5.74, 6) is -1.21. The molecule has 0 amide bonds. The van der Waals surface area contributed by atoms with Crippen LogP contribution in [-0.4, -0.2) is 25.8 Å². The second kappa shape index (κ2) is 3.38. The molecular weight excluding hydrogens is 222 g/mol. The fourth-order valence-electron chi connectivity index (χ4n) is 1.88. The molecular formula is C11H9N3O3. The number of nitrogens with zero attached hydrogens (tertiary/aromatic N) is 3. The summed E-state index contributed by atoms with van der Waals surface area (Å²) in [5, 5.41) is 17.0. The highest BCUT2D eigenvalue weighted by molar-refractivity contribution is 5.91. The molecule has 17 heavy (non-hydrogen) atoms. The summed E-state index contributed by atoms with van der Waals surface area (Å²) in [4.78, 5) is 22.9. The van der Waals surface area contributed by atoms with Crippen LogP contribution in [0.5, 0.6) is 0 Å². The predicted octanol–water partition coefficient (Wildman–Crippen LogP) is 0.825. The zero-order valence-corrected chi connectivity index (χ0v) is 8.83. The minimum Gasteiger partial charge on any atom is -0.477 e. The van der Waals surface area contributed by atoms with Gasteiger partial charge in [0.2, 0.25) is 5.43 Å². The molecule has 3 rings (SSSR count). The van der Waals surface area contributed by atoms with Crippen LogP contribution in [0.1, 0.15) is 29.2 Å². The van der Waals surface area contributed by atoms with Crippen molar-refractivity contribution in [1.82, 2.24) is 14.8 Å². The van der Waals surface area contributed by atoms with Crippen molar-refractivity contribution >= 4 is 17.0 Å². The van der Waals surface area contributed by atoms with Crippen LogP contribution in [0.15, 0.2) is 23.3 Å². The Morgan fingerprint density at radius 3 is 2.88 bits per heavy atom. The van der Waals surface area contributed by atoms with Crippen LogP contribution < -0.4 is 5.43 Å². The lowest BCUT2D eigenvalue weighted by Crippen LogP contribution is -2.19. The molecule has 0 bridgehead atoms. The van der Waals surface area contributed by atoms with E-state index in [1.165, 1.54) is 18.5 Å². The number of aromatic carboxylic acids is 1. The van der Waals surface area contributed by atoms with Gasteiger partial charge in [-0.05, 0) is 18.9 Å². The minimum atomic E-state index is -1.21. The van der Waals surface area contributed by atoms with E-state index in [1.807, 2.05) is 0 Å². The number of carbonyl (C=O) groups is 1. The van der Waals surface area contributed by atoms with Crippen molar-refractivity contribution in [3.05, 3.63) is 34.2 Å². The lowest BCUT2D eigenvalue weighted by Gasteiger charge is -2.08. The molecule has 1 N–H and O–H groups in total. The highest BCUT2D eigenvalue weighted by Gasteiger charge is 2.27. The monoisotopic (exact) mass is 231 g/mol. The van der Waals surface area contributed by atoms with Gasteiger partial charge in [-0.25, -0.2) is 4.79 Å². The Bertz CT molecular complexity index is 673. The molecule has 2 heterocycles. The van der Waals surface area contributed by atoms with Crippen molar-refractivity contribution in [2.24, 2.45) is 0 Å². The second-order valence-corrected chi connectivity index (χ2v) is 4.08. The lowest BCUT2D eigenvalue weighted by atomic mass is 10.2. The first-order valence-electron chi connectivity index (χ1n) is 5.28. The van der Waals surface area contributed by atoms with Crippen LogP contribution in [0.4, 0.5) is 0 Å². The van der Waals surface area contributed by atoms with E-state index in [-0.39, 0.29) is 11.6 Å². The SMILES string of the molecule is O=C(O)c1cn(C2CC2)c2nnccc2c1=O. The zero-order chi connectivity index (χ0) is 12.0. The topological polar surface area (TPSA) is 85.1 Å². The number of fused-ring (bicyclic) bond motifs is 1. The first kappa shape index (κ1) is 9.95. The molecule has 0 unspecified atom stereocenters. The van der Waals surface area contributed by atoms with Crippen molar-refractivity contribution in [2.45, 2.75) is 18.9 Å². The van der Waals surface area contributed by atoms with Crippen LogP contribution in [0.25, 0.3) is 11.0 Å². The van der Waals surface area contributed by atoms with Gasteiger partial charge in [0.15, 0.2) is 5.65 Å². The minimum absolute atomic E-state index is 0.211. The normalized spacial score (nSPS) is 15.1. The molecule has 1 fully saturated rings. The van der Waals surface area contributed by atoms with Gasteiger partial charge in [-0.1, -0.05) is 0 Å². The van der Waals surface area contributed by atoms with E-state index in [2.05, 4.69) is 10.2 Å². The fourth-order valence-corrected chi connectivity index (χ4v) is 1.88. The second-order valence-electron chi connectivity index (χ2n) is 4.08. The molecule has 1 aliphatic rings. The Morgan fingerprint density at radius 2 is 2.24 bits per heavy atom.